The Morgan fingerprint density at radius 1 is 1.71 bits per heavy atom. The Bertz CT molecular complexity index is 279. The average molecular weight is 211 g/mol. The number of rotatable bonds is 4. The van der Waals surface area contributed by atoms with E-state index in [2.05, 4.69) is 28.0 Å². The first-order chi connectivity index (χ1) is 6.92. The SMILES string of the molecule is CCCNc1nccn1C1CCSC1. The highest BCUT2D eigenvalue weighted by Crippen LogP contribution is 2.29. The van der Waals surface area contributed by atoms with Crippen LogP contribution in [0.4, 0.5) is 5.95 Å². The van der Waals surface area contributed by atoms with Crippen molar-refractivity contribution in [2.24, 2.45) is 0 Å². The lowest BCUT2D eigenvalue weighted by molar-refractivity contribution is 0.564. The van der Waals surface area contributed by atoms with Gasteiger partial charge in [-0.25, -0.2) is 4.98 Å². The lowest BCUT2D eigenvalue weighted by Gasteiger charge is -2.14. The first-order valence-corrected chi connectivity index (χ1v) is 6.41. The van der Waals surface area contributed by atoms with Gasteiger partial charge >= 0.3 is 0 Å². The lowest BCUT2D eigenvalue weighted by Crippen LogP contribution is -2.12. The summed E-state index contributed by atoms with van der Waals surface area (Å²) in [4.78, 5) is 4.34. The second kappa shape index (κ2) is 4.73. The van der Waals surface area contributed by atoms with Crippen LogP contribution in [0.3, 0.4) is 0 Å². The summed E-state index contributed by atoms with van der Waals surface area (Å²) in [6.45, 7) is 3.18. The Labute approximate surface area is 89.3 Å². The van der Waals surface area contributed by atoms with Gasteiger partial charge in [0, 0.05) is 30.7 Å². The second-order valence-electron chi connectivity index (χ2n) is 3.60. The van der Waals surface area contributed by atoms with Gasteiger partial charge in [0.25, 0.3) is 0 Å². The van der Waals surface area contributed by atoms with Crippen molar-refractivity contribution in [2.75, 3.05) is 23.4 Å². The van der Waals surface area contributed by atoms with Crippen molar-refractivity contribution in [1.82, 2.24) is 9.55 Å². The number of hydrogen-bond donors (Lipinski definition) is 1. The molecule has 1 unspecified atom stereocenters. The number of imidazole rings is 1. The molecule has 2 rings (SSSR count). The molecule has 1 atom stereocenters. The molecular weight excluding hydrogens is 194 g/mol. The molecule has 1 saturated heterocycles. The number of aromatic nitrogens is 2. The van der Waals surface area contributed by atoms with Gasteiger partial charge in [-0.3, -0.25) is 0 Å². The number of anilines is 1. The molecule has 1 aliphatic rings. The third-order valence-corrected chi connectivity index (χ3v) is 3.65. The summed E-state index contributed by atoms with van der Waals surface area (Å²) in [6, 6.07) is 0.654. The maximum Gasteiger partial charge on any atom is 0.203 e. The van der Waals surface area contributed by atoms with Crippen LogP contribution in [-0.2, 0) is 0 Å². The molecule has 1 aromatic rings. The predicted octanol–water partition coefficient (Wildman–Crippen LogP) is 2.38. The lowest BCUT2D eigenvalue weighted by atomic mass is 10.2. The summed E-state index contributed by atoms with van der Waals surface area (Å²) < 4.78 is 2.29. The number of nitrogens with zero attached hydrogens (tertiary/aromatic N) is 2. The Morgan fingerprint density at radius 3 is 3.36 bits per heavy atom. The summed E-state index contributed by atoms with van der Waals surface area (Å²) in [5.74, 6) is 3.56. The van der Waals surface area contributed by atoms with Crippen molar-refractivity contribution >= 4 is 17.7 Å². The minimum atomic E-state index is 0.654. The summed E-state index contributed by atoms with van der Waals surface area (Å²) in [6.07, 6.45) is 6.41. The highest BCUT2D eigenvalue weighted by molar-refractivity contribution is 7.99. The molecule has 0 spiro atoms. The first-order valence-electron chi connectivity index (χ1n) is 5.26. The maximum absolute atomic E-state index is 4.34. The summed E-state index contributed by atoms with van der Waals surface area (Å²) in [7, 11) is 0. The van der Waals surface area contributed by atoms with Crippen molar-refractivity contribution in [2.45, 2.75) is 25.8 Å². The highest BCUT2D eigenvalue weighted by atomic mass is 32.2. The topological polar surface area (TPSA) is 29.9 Å². The highest BCUT2D eigenvalue weighted by Gasteiger charge is 2.19. The third-order valence-electron chi connectivity index (χ3n) is 2.50. The van der Waals surface area contributed by atoms with Crippen molar-refractivity contribution < 1.29 is 0 Å². The Kier molecular flexibility index (Phi) is 3.35. The van der Waals surface area contributed by atoms with Crippen LogP contribution in [0.1, 0.15) is 25.8 Å². The second-order valence-corrected chi connectivity index (χ2v) is 4.75. The molecule has 0 aliphatic carbocycles. The molecule has 0 aromatic carbocycles. The van der Waals surface area contributed by atoms with Crippen LogP contribution in [0, 0.1) is 0 Å². The molecule has 0 radical (unpaired) electrons. The molecule has 78 valence electrons. The maximum atomic E-state index is 4.34. The largest absolute Gasteiger partial charge is 0.356 e. The standard InChI is InChI=1S/C10H17N3S/c1-2-4-11-10-12-5-6-13(10)9-3-7-14-8-9/h5-6,9H,2-4,7-8H2,1H3,(H,11,12). The Balaban J connectivity index is 2.04. The van der Waals surface area contributed by atoms with Crippen molar-refractivity contribution in [1.29, 1.82) is 0 Å². The van der Waals surface area contributed by atoms with Crippen molar-refractivity contribution in [3.63, 3.8) is 0 Å². The van der Waals surface area contributed by atoms with E-state index in [4.69, 9.17) is 0 Å². The molecule has 0 saturated carbocycles. The smallest absolute Gasteiger partial charge is 0.203 e. The molecule has 3 nitrogen and oxygen atoms in total. The van der Waals surface area contributed by atoms with Crippen molar-refractivity contribution in [3.8, 4) is 0 Å². The van der Waals surface area contributed by atoms with E-state index in [1.165, 1.54) is 17.9 Å². The fraction of sp³-hybridized carbons (Fsp3) is 0.700. The number of hydrogen-bond acceptors (Lipinski definition) is 3. The number of thioether (sulfide) groups is 1. The fourth-order valence-corrected chi connectivity index (χ4v) is 2.93. The first kappa shape index (κ1) is 9.90. The van der Waals surface area contributed by atoms with E-state index in [9.17, 15) is 0 Å². The quantitative estimate of drug-likeness (QED) is 0.829. The van der Waals surface area contributed by atoms with Crippen LogP contribution in [0.15, 0.2) is 12.4 Å². The summed E-state index contributed by atoms with van der Waals surface area (Å²) in [5.41, 5.74) is 0. The van der Waals surface area contributed by atoms with E-state index in [-0.39, 0.29) is 0 Å². The number of nitrogens with one attached hydrogen (secondary N) is 1. The molecule has 2 heterocycles. The zero-order chi connectivity index (χ0) is 9.80. The van der Waals surface area contributed by atoms with Gasteiger partial charge in [0.05, 0.1) is 0 Å². The molecular formula is C10H17N3S. The van der Waals surface area contributed by atoms with E-state index in [0.717, 1.165) is 18.9 Å². The van der Waals surface area contributed by atoms with Crippen LogP contribution in [0.25, 0.3) is 0 Å². The summed E-state index contributed by atoms with van der Waals surface area (Å²) >= 11 is 2.04. The summed E-state index contributed by atoms with van der Waals surface area (Å²) in [5, 5.41) is 3.36. The van der Waals surface area contributed by atoms with Crippen LogP contribution in [0.5, 0.6) is 0 Å². The fourth-order valence-electron chi connectivity index (χ4n) is 1.72. The Hall–Kier alpha value is -0.640. The Morgan fingerprint density at radius 2 is 2.64 bits per heavy atom. The van der Waals surface area contributed by atoms with Crippen LogP contribution >= 0.6 is 11.8 Å². The average Bonchev–Trinajstić information content (AvgIpc) is 2.84. The van der Waals surface area contributed by atoms with Gasteiger partial charge in [-0.15, -0.1) is 0 Å². The van der Waals surface area contributed by atoms with E-state index in [0.29, 0.717) is 6.04 Å². The van der Waals surface area contributed by atoms with E-state index in [1.54, 1.807) is 0 Å². The van der Waals surface area contributed by atoms with E-state index >= 15 is 0 Å². The minimum absolute atomic E-state index is 0.654. The normalized spacial score (nSPS) is 21.4. The van der Waals surface area contributed by atoms with Gasteiger partial charge in [-0.05, 0) is 18.6 Å². The van der Waals surface area contributed by atoms with E-state index < -0.39 is 0 Å². The van der Waals surface area contributed by atoms with Gasteiger partial charge in [-0.2, -0.15) is 11.8 Å². The third kappa shape index (κ3) is 2.05. The molecule has 1 aliphatic heterocycles. The molecule has 1 aromatic heterocycles. The van der Waals surface area contributed by atoms with Gasteiger partial charge in [0.2, 0.25) is 5.95 Å². The van der Waals surface area contributed by atoms with Crippen LogP contribution in [-0.4, -0.2) is 27.6 Å². The van der Waals surface area contributed by atoms with Crippen molar-refractivity contribution in [3.05, 3.63) is 12.4 Å². The van der Waals surface area contributed by atoms with Gasteiger partial charge in [0.15, 0.2) is 0 Å². The molecule has 0 amide bonds. The van der Waals surface area contributed by atoms with Crippen LogP contribution < -0.4 is 5.32 Å². The zero-order valence-electron chi connectivity index (χ0n) is 8.57. The molecule has 1 fully saturated rings. The molecule has 0 bridgehead atoms. The van der Waals surface area contributed by atoms with E-state index in [1.807, 2.05) is 18.0 Å². The van der Waals surface area contributed by atoms with Gasteiger partial charge < -0.3 is 9.88 Å². The van der Waals surface area contributed by atoms with Gasteiger partial charge in [-0.1, -0.05) is 6.92 Å². The molecule has 4 heteroatoms. The monoisotopic (exact) mass is 211 g/mol. The zero-order valence-corrected chi connectivity index (χ0v) is 9.39. The van der Waals surface area contributed by atoms with Gasteiger partial charge in [0.1, 0.15) is 0 Å². The minimum Gasteiger partial charge on any atom is -0.356 e. The predicted molar refractivity (Wildman–Crippen MR) is 62.0 cm³/mol. The molecule has 14 heavy (non-hydrogen) atoms. The molecule has 1 N–H and O–H groups in total. The van der Waals surface area contributed by atoms with Crippen LogP contribution in [0.2, 0.25) is 0 Å².